The van der Waals surface area contributed by atoms with Gasteiger partial charge in [0.15, 0.2) is 0 Å². The number of pyridine rings is 1. The normalized spacial score (nSPS) is 12.4. The summed E-state index contributed by atoms with van der Waals surface area (Å²) in [5.41, 5.74) is 5.10. The second kappa shape index (κ2) is 7.71. The number of nitrogens with zero attached hydrogens (tertiary/aromatic N) is 1. The van der Waals surface area contributed by atoms with Crippen LogP contribution < -0.4 is 5.32 Å². The van der Waals surface area contributed by atoms with Gasteiger partial charge in [-0.05, 0) is 61.7 Å². The van der Waals surface area contributed by atoms with Crippen LogP contribution in [0.2, 0.25) is 0 Å². The maximum Gasteiger partial charge on any atom is 0.0451 e. The van der Waals surface area contributed by atoms with Gasteiger partial charge in [-0.3, -0.25) is 4.98 Å². The first-order valence-corrected chi connectivity index (χ1v) is 8.31. The molecule has 0 saturated carbocycles. The van der Waals surface area contributed by atoms with E-state index in [0.717, 1.165) is 23.9 Å². The third-order valence-corrected chi connectivity index (χ3v) is 4.26. The van der Waals surface area contributed by atoms with Gasteiger partial charge in [-0.25, -0.2) is 0 Å². The molecule has 1 aromatic heterocycles. The zero-order chi connectivity index (χ0) is 15.2. The Morgan fingerprint density at radius 2 is 2.00 bits per heavy atom. The fraction of sp³-hybridized carbons (Fsp3) is 0.389. The van der Waals surface area contributed by atoms with Crippen LogP contribution in [0.1, 0.15) is 41.8 Å². The highest BCUT2D eigenvalue weighted by molar-refractivity contribution is 9.10. The van der Waals surface area contributed by atoms with E-state index in [-0.39, 0.29) is 0 Å². The average molecular weight is 347 g/mol. The predicted octanol–water partition coefficient (Wildman–Crippen LogP) is 4.74. The van der Waals surface area contributed by atoms with Crippen molar-refractivity contribution < 1.29 is 0 Å². The van der Waals surface area contributed by atoms with Crippen LogP contribution in [-0.2, 0) is 6.42 Å². The molecule has 0 radical (unpaired) electrons. The summed E-state index contributed by atoms with van der Waals surface area (Å²) in [4.78, 5) is 4.55. The van der Waals surface area contributed by atoms with Crippen molar-refractivity contribution in [1.82, 2.24) is 10.3 Å². The minimum atomic E-state index is 0.312. The van der Waals surface area contributed by atoms with Gasteiger partial charge in [0.1, 0.15) is 0 Å². The first-order valence-electron chi connectivity index (χ1n) is 7.51. The Kier molecular flexibility index (Phi) is 5.95. The Labute approximate surface area is 136 Å². The second-order valence-electron chi connectivity index (χ2n) is 5.48. The third-order valence-electron chi connectivity index (χ3n) is 3.76. The summed E-state index contributed by atoms with van der Waals surface area (Å²) in [6.45, 7) is 7.52. The van der Waals surface area contributed by atoms with Crippen molar-refractivity contribution in [2.75, 3.05) is 6.54 Å². The van der Waals surface area contributed by atoms with Crippen LogP contribution in [0.4, 0.5) is 0 Å². The highest BCUT2D eigenvalue weighted by Crippen LogP contribution is 2.25. The molecule has 1 N–H and O–H groups in total. The number of halogens is 1. The van der Waals surface area contributed by atoms with E-state index in [1.165, 1.54) is 22.4 Å². The standard InChI is InChI=1S/C18H23BrN2/c1-4-9-20-18(12-17-13(2)6-5-10-21-17)16-8-7-15(19)11-14(16)3/h5-8,10-11,18,20H,4,9,12H2,1-3H3. The summed E-state index contributed by atoms with van der Waals surface area (Å²) in [6.07, 6.45) is 3.94. The van der Waals surface area contributed by atoms with Gasteiger partial charge in [0.25, 0.3) is 0 Å². The molecule has 112 valence electrons. The first-order chi connectivity index (χ1) is 10.1. The van der Waals surface area contributed by atoms with Crippen LogP contribution >= 0.6 is 15.9 Å². The second-order valence-corrected chi connectivity index (χ2v) is 6.39. The summed E-state index contributed by atoms with van der Waals surface area (Å²) in [5.74, 6) is 0. The van der Waals surface area contributed by atoms with Gasteiger partial charge in [0.05, 0.1) is 0 Å². The van der Waals surface area contributed by atoms with Gasteiger partial charge in [-0.15, -0.1) is 0 Å². The molecule has 21 heavy (non-hydrogen) atoms. The summed E-state index contributed by atoms with van der Waals surface area (Å²) in [5, 5.41) is 3.67. The Balaban J connectivity index is 2.27. The van der Waals surface area contributed by atoms with Crippen LogP contribution in [0.5, 0.6) is 0 Å². The van der Waals surface area contributed by atoms with E-state index in [9.17, 15) is 0 Å². The van der Waals surface area contributed by atoms with Crippen molar-refractivity contribution in [2.45, 2.75) is 39.7 Å². The van der Waals surface area contributed by atoms with Crippen LogP contribution in [-0.4, -0.2) is 11.5 Å². The summed E-state index contributed by atoms with van der Waals surface area (Å²) in [7, 11) is 0. The van der Waals surface area contributed by atoms with Crippen molar-refractivity contribution in [3.8, 4) is 0 Å². The zero-order valence-electron chi connectivity index (χ0n) is 13.0. The minimum Gasteiger partial charge on any atom is -0.310 e. The Hall–Kier alpha value is -1.19. The molecule has 2 aromatic rings. The molecule has 0 fully saturated rings. The van der Waals surface area contributed by atoms with Gasteiger partial charge in [0.2, 0.25) is 0 Å². The smallest absolute Gasteiger partial charge is 0.0451 e. The molecule has 3 heteroatoms. The highest BCUT2D eigenvalue weighted by atomic mass is 79.9. The summed E-state index contributed by atoms with van der Waals surface area (Å²) >= 11 is 3.54. The lowest BCUT2D eigenvalue weighted by molar-refractivity contribution is 0.521. The first kappa shape index (κ1) is 16.2. The van der Waals surface area contributed by atoms with Gasteiger partial charge in [0, 0.05) is 28.8 Å². The Morgan fingerprint density at radius 1 is 1.19 bits per heavy atom. The number of rotatable bonds is 6. The lowest BCUT2D eigenvalue weighted by Crippen LogP contribution is -2.25. The topological polar surface area (TPSA) is 24.9 Å². The van der Waals surface area contributed by atoms with E-state index in [1.807, 2.05) is 12.3 Å². The number of aryl methyl sites for hydroxylation is 2. The van der Waals surface area contributed by atoms with Crippen molar-refractivity contribution in [2.24, 2.45) is 0 Å². The van der Waals surface area contributed by atoms with E-state index >= 15 is 0 Å². The molecule has 0 amide bonds. The van der Waals surface area contributed by atoms with E-state index in [4.69, 9.17) is 0 Å². The molecule has 0 aliphatic rings. The summed E-state index contributed by atoms with van der Waals surface area (Å²) < 4.78 is 1.13. The molecule has 1 atom stereocenters. The molecule has 0 aliphatic heterocycles. The lowest BCUT2D eigenvalue weighted by Gasteiger charge is -2.21. The number of hydrogen-bond acceptors (Lipinski definition) is 2. The zero-order valence-corrected chi connectivity index (χ0v) is 14.6. The number of benzene rings is 1. The largest absolute Gasteiger partial charge is 0.310 e. The van der Waals surface area contributed by atoms with E-state index in [2.05, 4.69) is 71.3 Å². The molecule has 2 nitrogen and oxygen atoms in total. The summed E-state index contributed by atoms with van der Waals surface area (Å²) in [6, 6.07) is 11.0. The highest BCUT2D eigenvalue weighted by Gasteiger charge is 2.15. The van der Waals surface area contributed by atoms with Gasteiger partial charge >= 0.3 is 0 Å². The maximum absolute atomic E-state index is 4.55. The molecule has 0 aliphatic carbocycles. The van der Waals surface area contributed by atoms with Crippen LogP contribution in [0.3, 0.4) is 0 Å². The van der Waals surface area contributed by atoms with Crippen molar-refractivity contribution in [3.63, 3.8) is 0 Å². The van der Waals surface area contributed by atoms with Crippen LogP contribution in [0.15, 0.2) is 41.0 Å². The molecule has 1 unspecified atom stereocenters. The van der Waals surface area contributed by atoms with Crippen molar-refractivity contribution in [3.05, 3.63) is 63.4 Å². The molecule has 0 spiro atoms. The van der Waals surface area contributed by atoms with Crippen molar-refractivity contribution >= 4 is 15.9 Å². The Morgan fingerprint density at radius 3 is 2.67 bits per heavy atom. The molecular weight excluding hydrogens is 324 g/mol. The minimum absolute atomic E-state index is 0.312. The fourth-order valence-corrected chi connectivity index (χ4v) is 3.04. The number of aromatic nitrogens is 1. The van der Waals surface area contributed by atoms with E-state index < -0.39 is 0 Å². The van der Waals surface area contributed by atoms with E-state index in [0.29, 0.717) is 6.04 Å². The fourth-order valence-electron chi connectivity index (χ4n) is 2.57. The quantitative estimate of drug-likeness (QED) is 0.816. The molecule has 0 saturated heterocycles. The SMILES string of the molecule is CCCNC(Cc1ncccc1C)c1ccc(Br)cc1C. The predicted molar refractivity (Wildman–Crippen MR) is 92.6 cm³/mol. The average Bonchev–Trinajstić information content (AvgIpc) is 2.46. The van der Waals surface area contributed by atoms with E-state index in [1.54, 1.807) is 0 Å². The van der Waals surface area contributed by atoms with Gasteiger partial charge in [-0.1, -0.05) is 35.0 Å². The lowest BCUT2D eigenvalue weighted by atomic mass is 9.96. The molecule has 1 aromatic carbocycles. The molecule has 2 rings (SSSR count). The van der Waals surface area contributed by atoms with Crippen molar-refractivity contribution in [1.29, 1.82) is 0 Å². The molecular formula is C18H23BrN2. The number of nitrogens with one attached hydrogen (secondary N) is 1. The van der Waals surface area contributed by atoms with Crippen LogP contribution in [0.25, 0.3) is 0 Å². The van der Waals surface area contributed by atoms with Crippen LogP contribution in [0, 0.1) is 13.8 Å². The molecule has 1 heterocycles. The molecule has 0 bridgehead atoms. The number of hydrogen-bond donors (Lipinski definition) is 1. The van der Waals surface area contributed by atoms with Gasteiger partial charge < -0.3 is 5.32 Å². The Bertz CT molecular complexity index is 596. The third kappa shape index (κ3) is 4.39. The van der Waals surface area contributed by atoms with Gasteiger partial charge in [-0.2, -0.15) is 0 Å². The maximum atomic E-state index is 4.55. The monoisotopic (exact) mass is 346 g/mol.